The third kappa shape index (κ3) is 5.68. The van der Waals surface area contributed by atoms with Crippen LogP contribution in [0, 0.1) is 0 Å². The van der Waals surface area contributed by atoms with Crippen LogP contribution in [0.15, 0.2) is 78.9 Å². The maximum absolute atomic E-state index is 12.7. The van der Waals surface area contributed by atoms with E-state index in [1.165, 1.54) is 0 Å². The summed E-state index contributed by atoms with van der Waals surface area (Å²) in [6.45, 7) is 2.13. The van der Waals surface area contributed by atoms with Crippen LogP contribution in [0.1, 0.15) is 28.9 Å². The largest absolute Gasteiger partial charge is 0.497 e. The molecule has 6 nitrogen and oxygen atoms in total. The van der Waals surface area contributed by atoms with Crippen molar-refractivity contribution in [1.29, 1.82) is 0 Å². The smallest absolute Gasteiger partial charge is 0.257 e. The van der Waals surface area contributed by atoms with Gasteiger partial charge in [-0.15, -0.1) is 0 Å². The molecule has 0 aliphatic carbocycles. The number of amides is 2. The normalized spacial score (nSPS) is 11.4. The third-order valence-corrected chi connectivity index (χ3v) is 4.66. The molecule has 6 heteroatoms. The highest BCUT2D eigenvalue weighted by atomic mass is 16.5. The van der Waals surface area contributed by atoms with Gasteiger partial charge < -0.3 is 20.7 Å². The Labute approximate surface area is 176 Å². The molecule has 3 aromatic rings. The van der Waals surface area contributed by atoms with Gasteiger partial charge in [-0.1, -0.05) is 42.5 Å². The number of hydrogen-bond donors (Lipinski definition) is 3. The lowest BCUT2D eigenvalue weighted by atomic mass is 10.1. The monoisotopic (exact) mass is 403 g/mol. The Morgan fingerprint density at radius 1 is 0.867 bits per heavy atom. The molecule has 1 atom stereocenters. The molecule has 0 heterocycles. The van der Waals surface area contributed by atoms with Crippen molar-refractivity contribution >= 4 is 23.2 Å². The summed E-state index contributed by atoms with van der Waals surface area (Å²) in [6.07, 6.45) is 0. The zero-order valence-electron chi connectivity index (χ0n) is 17.0. The lowest BCUT2D eigenvalue weighted by Crippen LogP contribution is -2.30. The van der Waals surface area contributed by atoms with Crippen LogP contribution in [0.5, 0.6) is 5.75 Å². The highest BCUT2D eigenvalue weighted by Gasteiger charge is 2.14. The quantitative estimate of drug-likeness (QED) is 0.526. The van der Waals surface area contributed by atoms with E-state index in [0.29, 0.717) is 22.7 Å². The summed E-state index contributed by atoms with van der Waals surface area (Å²) in [6, 6.07) is 23.9. The first-order valence-electron chi connectivity index (χ1n) is 9.69. The van der Waals surface area contributed by atoms with Crippen LogP contribution in [-0.4, -0.2) is 25.5 Å². The fourth-order valence-corrected chi connectivity index (χ4v) is 2.96. The summed E-state index contributed by atoms with van der Waals surface area (Å²) in [7, 11) is 1.59. The minimum Gasteiger partial charge on any atom is -0.497 e. The Morgan fingerprint density at radius 3 is 2.23 bits per heavy atom. The SMILES string of the molecule is COc1ccc(NC(=O)c2ccccc2NC(=O)CNC(C)c2ccccc2)cc1. The fourth-order valence-electron chi connectivity index (χ4n) is 2.96. The van der Waals surface area contributed by atoms with Crippen LogP contribution < -0.4 is 20.7 Å². The maximum atomic E-state index is 12.7. The van der Waals surface area contributed by atoms with E-state index in [9.17, 15) is 9.59 Å². The van der Waals surface area contributed by atoms with E-state index in [1.807, 2.05) is 37.3 Å². The summed E-state index contributed by atoms with van der Waals surface area (Å²) in [5.74, 6) is 0.182. The Kier molecular flexibility index (Phi) is 7.19. The number of anilines is 2. The van der Waals surface area contributed by atoms with Crippen molar-refractivity contribution < 1.29 is 14.3 Å². The number of rotatable bonds is 8. The van der Waals surface area contributed by atoms with Gasteiger partial charge in [0, 0.05) is 11.7 Å². The van der Waals surface area contributed by atoms with Gasteiger partial charge in [0.15, 0.2) is 0 Å². The molecule has 0 saturated carbocycles. The number of carbonyl (C=O) groups is 2. The Morgan fingerprint density at radius 2 is 1.53 bits per heavy atom. The second-order valence-electron chi connectivity index (χ2n) is 6.79. The predicted octanol–water partition coefficient (Wildman–Crippen LogP) is 4.24. The molecule has 0 aliphatic rings. The van der Waals surface area contributed by atoms with E-state index in [-0.39, 0.29) is 24.4 Å². The first kappa shape index (κ1) is 21.1. The highest BCUT2D eigenvalue weighted by molar-refractivity contribution is 6.10. The third-order valence-electron chi connectivity index (χ3n) is 4.66. The van der Waals surface area contributed by atoms with Crippen LogP contribution >= 0.6 is 0 Å². The Balaban J connectivity index is 1.61. The van der Waals surface area contributed by atoms with Crippen molar-refractivity contribution in [1.82, 2.24) is 5.32 Å². The Hall–Kier alpha value is -3.64. The zero-order chi connectivity index (χ0) is 21.3. The van der Waals surface area contributed by atoms with Crippen LogP contribution in [0.3, 0.4) is 0 Å². The minimum absolute atomic E-state index is 0.0329. The molecule has 0 fully saturated rings. The van der Waals surface area contributed by atoms with Crippen molar-refractivity contribution in [3.63, 3.8) is 0 Å². The average Bonchev–Trinajstić information content (AvgIpc) is 2.79. The number of ether oxygens (including phenoxy) is 1. The number of methoxy groups -OCH3 is 1. The molecule has 0 spiro atoms. The van der Waals surface area contributed by atoms with Crippen LogP contribution in [-0.2, 0) is 4.79 Å². The van der Waals surface area contributed by atoms with E-state index in [2.05, 4.69) is 16.0 Å². The van der Waals surface area contributed by atoms with Crippen molar-refractivity contribution in [3.8, 4) is 5.75 Å². The van der Waals surface area contributed by atoms with Gasteiger partial charge in [-0.05, 0) is 48.9 Å². The molecule has 0 aliphatic heterocycles. The summed E-state index contributed by atoms with van der Waals surface area (Å²) in [5, 5.41) is 8.85. The number of nitrogens with one attached hydrogen (secondary N) is 3. The Bertz CT molecular complexity index is 988. The summed E-state index contributed by atoms with van der Waals surface area (Å²) >= 11 is 0. The van der Waals surface area contributed by atoms with Gasteiger partial charge in [-0.25, -0.2) is 0 Å². The van der Waals surface area contributed by atoms with E-state index < -0.39 is 0 Å². The second-order valence-corrected chi connectivity index (χ2v) is 6.79. The predicted molar refractivity (Wildman–Crippen MR) is 119 cm³/mol. The van der Waals surface area contributed by atoms with Gasteiger partial charge in [0.2, 0.25) is 5.91 Å². The van der Waals surface area contributed by atoms with Gasteiger partial charge in [0.25, 0.3) is 5.91 Å². The van der Waals surface area contributed by atoms with Crippen LogP contribution in [0.25, 0.3) is 0 Å². The lowest BCUT2D eigenvalue weighted by Gasteiger charge is -2.15. The molecular weight excluding hydrogens is 378 g/mol. The van der Waals surface area contributed by atoms with Gasteiger partial charge in [0.05, 0.1) is 24.9 Å². The number of carbonyl (C=O) groups excluding carboxylic acids is 2. The van der Waals surface area contributed by atoms with Gasteiger partial charge >= 0.3 is 0 Å². The lowest BCUT2D eigenvalue weighted by molar-refractivity contribution is -0.115. The standard InChI is InChI=1S/C24H25N3O3/c1-17(18-8-4-3-5-9-18)25-16-23(28)27-22-11-7-6-10-21(22)24(29)26-19-12-14-20(30-2)15-13-19/h3-15,17,25H,16H2,1-2H3,(H,26,29)(H,27,28). The van der Waals surface area contributed by atoms with Gasteiger partial charge in [-0.2, -0.15) is 0 Å². The molecule has 154 valence electrons. The topological polar surface area (TPSA) is 79.5 Å². The van der Waals surface area contributed by atoms with Crippen molar-refractivity contribution in [2.75, 3.05) is 24.3 Å². The van der Waals surface area contributed by atoms with E-state index in [4.69, 9.17) is 4.74 Å². The summed E-state index contributed by atoms with van der Waals surface area (Å²) in [5.41, 5.74) is 2.59. The second kappa shape index (κ2) is 10.2. The zero-order valence-corrected chi connectivity index (χ0v) is 17.0. The van der Waals surface area contributed by atoms with Crippen LogP contribution in [0.4, 0.5) is 11.4 Å². The number of para-hydroxylation sites is 1. The molecular formula is C24H25N3O3. The highest BCUT2D eigenvalue weighted by Crippen LogP contribution is 2.19. The van der Waals surface area contributed by atoms with E-state index in [0.717, 1.165) is 5.56 Å². The molecule has 0 bridgehead atoms. The molecule has 0 aromatic heterocycles. The maximum Gasteiger partial charge on any atom is 0.257 e. The van der Waals surface area contributed by atoms with Crippen LogP contribution in [0.2, 0.25) is 0 Å². The molecule has 3 aromatic carbocycles. The first-order chi connectivity index (χ1) is 14.6. The average molecular weight is 403 g/mol. The molecule has 30 heavy (non-hydrogen) atoms. The fraction of sp³-hybridized carbons (Fsp3) is 0.167. The molecule has 2 amide bonds. The molecule has 3 rings (SSSR count). The molecule has 0 radical (unpaired) electrons. The van der Waals surface area contributed by atoms with Crippen molar-refractivity contribution in [2.45, 2.75) is 13.0 Å². The van der Waals surface area contributed by atoms with E-state index >= 15 is 0 Å². The molecule has 1 unspecified atom stereocenters. The van der Waals surface area contributed by atoms with E-state index in [1.54, 1.807) is 55.6 Å². The number of hydrogen-bond acceptors (Lipinski definition) is 4. The van der Waals surface area contributed by atoms with Crippen molar-refractivity contribution in [3.05, 3.63) is 90.0 Å². The minimum atomic E-state index is -0.304. The van der Waals surface area contributed by atoms with Gasteiger partial charge in [-0.3, -0.25) is 9.59 Å². The summed E-state index contributed by atoms with van der Waals surface area (Å²) < 4.78 is 5.12. The number of benzene rings is 3. The molecule has 0 saturated heterocycles. The first-order valence-corrected chi connectivity index (χ1v) is 9.69. The summed E-state index contributed by atoms with van der Waals surface area (Å²) in [4.78, 5) is 25.1. The van der Waals surface area contributed by atoms with Gasteiger partial charge in [0.1, 0.15) is 5.75 Å². The molecule has 3 N–H and O–H groups in total. The van der Waals surface area contributed by atoms with Crippen molar-refractivity contribution in [2.24, 2.45) is 0 Å².